The fraction of sp³-hybridized carbons (Fsp3) is 0.233. The Labute approximate surface area is 213 Å². The minimum atomic E-state index is -1.17. The largest absolute Gasteiger partial charge is 0.457 e. The van der Waals surface area contributed by atoms with Crippen LogP contribution in [0.1, 0.15) is 49.4 Å². The molecule has 1 fully saturated rings. The van der Waals surface area contributed by atoms with E-state index < -0.39 is 5.60 Å². The molecule has 2 aromatic heterocycles. The maximum atomic E-state index is 15.3. The predicted octanol–water partition coefficient (Wildman–Crippen LogP) is 6.36. The minimum Gasteiger partial charge on any atom is -0.457 e. The summed E-state index contributed by atoms with van der Waals surface area (Å²) in [5.41, 5.74) is 2.41. The van der Waals surface area contributed by atoms with E-state index >= 15 is 4.39 Å². The van der Waals surface area contributed by atoms with E-state index in [0.29, 0.717) is 28.5 Å². The van der Waals surface area contributed by atoms with E-state index in [2.05, 4.69) is 20.6 Å². The fourth-order valence-corrected chi connectivity index (χ4v) is 5.55. The van der Waals surface area contributed by atoms with Crippen molar-refractivity contribution >= 4 is 11.0 Å². The highest BCUT2D eigenvalue weighted by Gasteiger charge is 2.55. The van der Waals surface area contributed by atoms with Crippen LogP contribution in [0.15, 0.2) is 79.1 Å². The Hall–Kier alpha value is -4.10. The van der Waals surface area contributed by atoms with Crippen LogP contribution in [0.25, 0.3) is 22.2 Å². The molecule has 184 valence electrons. The molecule has 0 unspecified atom stereocenters. The molecule has 3 atom stereocenters. The molecular formula is C30H25FN4O2. The number of fused-ring (bicyclic) bond motifs is 5. The number of halogens is 1. The van der Waals surface area contributed by atoms with Crippen molar-refractivity contribution in [1.29, 1.82) is 0 Å². The highest BCUT2D eigenvalue weighted by Crippen LogP contribution is 2.63. The van der Waals surface area contributed by atoms with Crippen LogP contribution in [-0.4, -0.2) is 24.6 Å². The van der Waals surface area contributed by atoms with Crippen molar-refractivity contribution in [3.63, 3.8) is 0 Å². The van der Waals surface area contributed by atoms with Crippen molar-refractivity contribution in [3.8, 4) is 22.6 Å². The maximum Gasteiger partial charge on any atom is 0.159 e. The number of aromatic nitrogens is 4. The number of aliphatic hydroxyl groups is 1. The number of para-hydroxylation sites is 2. The molecule has 2 aliphatic rings. The molecule has 0 saturated heterocycles. The molecule has 3 heterocycles. The Kier molecular flexibility index (Phi) is 4.75. The number of hydrogen-bond acceptors (Lipinski definition) is 5. The van der Waals surface area contributed by atoms with Crippen molar-refractivity contribution in [3.05, 3.63) is 102 Å². The van der Waals surface area contributed by atoms with E-state index in [-0.39, 0.29) is 17.7 Å². The zero-order valence-electron chi connectivity index (χ0n) is 20.5. The molecular weight excluding hydrogens is 467 g/mol. The van der Waals surface area contributed by atoms with Crippen LogP contribution in [0.3, 0.4) is 0 Å². The molecule has 5 aromatic rings. The van der Waals surface area contributed by atoms with Crippen LogP contribution in [0.2, 0.25) is 0 Å². The monoisotopic (exact) mass is 492 g/mol. The molecule has 37 heavy (non-hydrogen) atoms. The van der Waals surface area contributed by atoms with Gasteiger partial charge in [0.1, 0.15) is 28.7 Å². The average molecular weight is 493 g/mol. The molecule has 3 aromatic carbocycles. The average Bonchev–Trinajstić information content (AvgIpc) is 3.50. The fourth-order valence-electron chi connectivity index (χ4n) is 5.55. The van der Waals surface area contributed by atoms with Gasteiger partial charge in [-0.25, -0.2) is 19.3 Å². The third-order valence-electron chi connectivity index (χ3n) is 7.38. The third kappa shape index (κ3) is 3.61. The van der Waals surface area contributed by atoms with Gasteiger partial charge in [-0.3, -0.25) is 0 Å². The second-order valence-corrected chi connectivity index (χ2v) is 10.4. The Balaban J connectivity index is 1.34. The van der Waals surface area contributed by atoms with Gasteiger partial charge >= 0.3 is 0 Å². The van der Waals surface area contributed by atoms with E-state index in [9.17, 15) is 5.11 Å². The molecule has 7 rings (SSSR count). The van der Waals surface area contributed by atoms with Gasteiger partial charge in [0.05, 0.1) is 17.1 Å². The number of ether oxygens (including phenoxy) is 1. The van der Waals surface area contributed by atoms with E-state index in [0.717, 1.165) is 34.8 Å². The lowest BCUT2D eigenvalue weighted by molar-refractivity contribution is 0.0687. The summed E-state index contributed by atoms with van der Waals surface area (Å²) in [5.74, 6) is 3.33. The number of imidazole rings is 1. The summed E-state index contributed by atoms with van der Waals surface area (Å²) >= 11 is 0. The summed E-state index contributed by atoms with van der Waals surface area (Å²) in [6.07, 6.45) is 4.18. The molecule has 0 spiro atoms. The summed E-state index contributed by atoms with van der Waals surface area (Å²) in [4.78, 5) is 13.4. The molecule has 0 bridgehead atoms. The molecule has 1 N–H and O–H groups in total. The first-order valence-corrected chi connectivity index (χ1v) is 12.5. The highest BCUT2D eigenvalue weighted by molar-refractivity contribution is 5.84. The van der Waals surface area contributed by atoms with E-state index in [1.54, 1.807) is 26.2 Å². The van der Waals surface area contributed by atoms with E-state index in [1.807, 2.05) is 54.6 Å². The van der Waals surface area contributed by atoms with Gasteiger partial charge in [-0.1, -0.05) is 36.4 Å². The molecule has 0 amide bonds. The van der Waals surface area contributed by atoms with Gasteiger partial charge in [0.2, 0.25) is 0 Å². The first kappa shape index (κ1) is 22.1. The quantitative estimate of drug-likeness (QED) is 0.309. The first-order chi connectivity index (χ1) is 17.9. The van der Waals surface area contributed by atoms with Crippen molar-refractivity contribution in [2.75, 3.05) is 0 Å². The number of nitrogens with zero attached hydrogens (tertiary/aromatic N) is 4. The second kappa shape index (κ2) is 7.95. The molecule has 1 saturated carbocycles. The maximum absolute atomic E-state index is 15.3. The molecule has 6 nitrogen and oxygen atoms in total. The Morgan fingerprint density at radius 3 is 2.49 bits per heavy atom. The van der Waals surface area contributed by atoms with Crippen molar-refractivity contribution in [2.24, 2.45) is 5.92 Å². The van der Waals surface area contributed by atoms with Crippen LogP contribution in [0.5, 0.6) is 11.5 Å². The second-order valence-electron chi connectivity index (χ2n) is 10.4. The van der Waals surface area contributed by atoms with Crippen LogP contribution in [-0.2, 0) is 5.60 Å². The van der Waals surface area contributed by atoms with Gasteiger partial charge in [0.15, 0.2) is 5.82 Å². The summed E-state index contributed by atoms with van der Waals surface area (Å²) in [6, 6.07) is 21.3. The SMILES string of the molecule is CC(C)(O)c1ncc(-c2cc3c(cc2F)nc2n3[C@@H](c3ccccc3Oc3ccccc3)[C@H]3C[C@@H]23)cn1. The van der Waals surface area contributed by atoms with Crippen LogP contribution in [0.4, 0.5) is 4.39 Å². The predicted molar refractivity (Wildman–Crippen MR) is 138 cm³/mol. The molecule has 0 radical (unpaired) electrons. The Morgan fingerprint density at radius 1 is 1.00 bits per heavy atom. The zero-order chi connectivity index (χ0) is 25.3. The summed E-state index contributed by atoms with van der Waals surface area (Å²) in [5, 5.41) is 10.2. The number of benzene rings is 3. The lowest BCUT2D eigenvalue weighted by Gasteiger charge is -2.21. The molecule has 1 aliphatic heterocycles. The topological polar surface area (TPSA) is 73.1 Å². The van der Waals surface area contributed by atoms with Crippen LogP contribution in [0, 0.1) is 11.7 Å². The van der Waals surface area contributed by atoms with Crippen LogP contribution < -0.4 is 4.74 Å². The lowest BCUT2D eigenvalue weighted by Crippen LogP contribution is -2.19. The Morgan fingerprint density at radius 2 is 1.73 bits per heavy atom. The minimum absolute atomic E-state index is 0.0528. The molecule has 1 aliphatic carbocycles. The van der Waals surface area contributed by atoms with Gasteiger partial charge in [-0.2, -0.15) is 0 Å². The van der Waals surface area contributed by atoms with Gasteiger partial charge < -0.3 is 14.4 Å². The van der Waals surface area contributed by atoms with Crippen LogP contribution >= 0.6 is 0 Å². The summed E-state index contributed by atoms with van der Waals surface area (Å²) in [7, 11) is 0. The third-order valence-corrected chi connectivity index (χ3v) is 7.38. The van der Waals surface area contributed by atoms with Gasteiger partial charge in [-0.15, -0.1) is 0 Å². The summed E-state index contributed by atoms with van der Waals surface area (Å²) < 4.78 is 23.8. The lowest BCUT2D eigenvalue weighted by atomic mass is 10.0. The van der Waals surface area contributed by atoms with Gasteiger partial charge in [0, 0.05) is 41.1 Å². The smallest absolute Gasteiger partial charge is 0.159 e. The normalized spacial score (nSPS) is 20.1. The van der Waals surface area contributed by atoms with Crippen molar-refractivity contribution < 1.29 is 14.2 Å². The summed E-state index contributed by atoms with van der Waals surface area (Å²) in [6.45, 7) is 3.24. The van der Waals surface area contributed by atoms with Gasteiger partial charge in [0.25, 0.3) is 0 Å². The number of hydrogen-bond donors (Lipinski definition) is 1. The molecule has 7 heteroatoms. The first-order valence-electron chi connectivity index (χ1n) is 12.5. The van der Waals surface area contributed by atoms with Crippen molar-refractivity contribution in [1.82, 2.24) is 19.5 Å². The van der Waals surface area contributed by atoms with Gasteiger partial charge in [-0.05, 0) is 50.5 Å². The number of rotatable bonds is 5. The highest BCUT2D eigenvalue weighted by atomic mass is 19.1. The van der Waals surface area contributed by atoms with Crippen molar-refractivity contribution in [2.45, 2.75) is 37.8 Å². The van der Waals surface area contributed by atoms with E-state index in [1.165, 1.54) is 6.07 Å². The zero-order valence-corrected chi connectivity index (χ0v) is 20.5. The van der Waals surface area contributed by atoms with E-state index in [4.69, 9.17) is 9.72 Å². The Bertz CT molecular complexity index is 1640. The standard InChI is InChI=1S/C30H25FN4O2/c1-30(2,36)29-32-15-17(16-33-29)20-13-25-24(14-23(20)31)34-28-22-12-21(22)27(35(25)28)19-10-6-7-11-26(19)37-18-8-4-3-5-9-18/h3-11,13-16,21-22,27,36H,12H2,1-2H3/t21-,22+,27-/m0/s1.